The molecule has 1 aromatic carbocycles. The highest BCUT2D eigenvalue weighted by atomic mass is 16.1. The molecule has 0 amide bonds. The first-order valence-electron chi connectivity index (χ1n) is 7.39. The minimum absolute atomic E-state index is 0.363. The van der Waals surface area contributed by atoms with Gasteiger partial charge in [0.15, 0.2) is 11.5 Å². The van der Waals surface area contributed by atoms with E-state index in [9.17, 15) is 4.79 Å². The van der Waals surface area contributed by atoms with Gasteiger partial charge in [-0.05, 0) is 46.5 Å². The Hall–Kier alpha value is -3.10. The molecule has 0 unspecified atom stereocenters. The third-order valence-corrected chi connectivity index (χ3v) is 3.94. The maximum Gasteiger partial charge on any atom is 0.369 e. The van der Waals surface area contributed by atoms with Crippen LogP contribution in [0.2, 0.25) is 0 Å². The van der Waals surface area contributed by atoms with Crippen molar-refractivity contribution in [2.45, 2.75) is 26.7 Å². The summed E-state index contributed by atoms with van der Waals surface area (Å²) in [6, 6.07) is 4.03. The Morgan fingerprint density at radius 3 is 2.57 bits per heavy atom. The number of H-pyrrole nitrogens is 2. The van der Waals surface area contributed by atoms with Crippen LogP contribution in [0.3, 0.4) is 0 Å². The summed E-state index contributed by atoms with van der Waals surface area (Å²) in [7, 11) is 0. The minimum Gasteiger partial charge on any atom is -0.268 e. The number of aromatic nitrogens is 8. The van der Waals surface area contributed by atoms with Gasteiger partial charge >= 0.3 is 5.69 Å². The number of benzene rings is 1. The first-order chi connectivity index (χ1) is 11.2. The van der Waals surface area contributed by atoms with Gasteiger partial charge in [-0.15, -0.1) is 5.10 Å². The fourth-order valence-electron chi connectivity index (χ4n) is 2.78. The largest absolute Gasteiger partial charge is 0.369 e. The number of nitrogens with zero attached hydrogens (tertiary/aromatic N) is 6. The van der Waals surface area contributed by atoms with Crippen LogP contribution >= 0.6 is 0 Å². The van der Waals surface area contributed by atoms with Gasteiger partial charge in [0.2, 0.25) is 5.82 Å². The molecule has 4 aromatic rings. The zero-order valence-corrected chi connectivity index (χ0v) is 12.7. The summed E-state index contributed by atoms with van der Waals surface area (Å²) in [4.78, 5) is 20.9. The third kappa shape index (κ3) is 2.00. The maximum absolute atomic E-state index is 12.2. The first kappa shape index (κ1) is 13.6. The number of rotatable bonds is 3. The first-order valence-corrected chi connectivity index (χ1v) is 7.39. The molecule has 0 saturated carbocycles. The Balaban J connectivity index is 2.08. The van der Waals surface area contributed by atoms with Crippen LogP contribution in [-0.2, 0) is 12.8 Å². The summed E-state index contributed by atoms with van der Waals surface area (Å²) in [5.74, 6) is 0.751. The Bertz CT molecular complexity index is 1060. The molecule has 0 saturated heterocycles. The van der Waals surface area contributed by atoms with Crippen molar-refractivity contribution in [1.82, 2.24) is 40.2 Å². The monoisotopic (exact) mass is 310 g/mol. The van der Waals surface area contributed by atoms with Crippen LogP contribution in [0.15, 0.2) is 16.9 Å². The predicted molar refractivity (Wildman–Crippen MR) is 83.0 cm³/mol. The van der Waals surface area contributed by atoms with E-state index in [2.05, 4.69) is 55.6 Å². The van der Waals surface area contributed by atoms with E-state index in [0.29, 0.717) is 22.8 Å². The highest BCUT2D eigenvalue weighted by Crippen LogP contribution is 2.23. The summed E-state index contributed by atoms with van der Waals surface area (Å²) in [5, 5.41) is 17.2. The molecule has 3 heterocycles. The van der Waals surface area contributed by atoms with Gasteiger partial charge in [0.05, 0.1) is 5.52 Å². The molecule has 0 spiro atoms. The molecule has 116 valence electrons. The topological polar surface area (TPSA) is 118 Å². The number of fused-ring (bicyclic) bond motifs is 3. The molecule has 0 aliphatic heterocycles. The van der Waals surface area contributed by atoms with Crippen molar-refractivity contribution in [3.05, 3.63) is 33.7 Å². The van der Waals surface area contributed by atoms with E-state index >= 15 is 0 Å². The van der Waals surface area contributed by atoms with E-state index < -0.39 is 5.69 Å². The van der Waals surface area contributed by atoms with Crippen molar-refractivity contribution in [2.24, 2.45) is 0 Å². The molecule has 0 aliphatic carbocycles. The Kier molecular flexibility index (Phi) is 2.93. The minimum atomic E-state index is -0.412. The molecule has 0 atom stereocenters. The molecule has 0 bridgehead atoms. The normalized spacial score (nSPS) is 11.6. The molecular weight excluding hydrogens is 296 g/mol. The van der Waals surface area contributed by atoms with Crippen molar-refractivity contribution in [2.75, 3.05) is 0 Å². The standard InChI is InChI=1S/C14H14N8O/c1-3-7-5-9-10(6-8(7)4-2)15-14(23)22-13(9)16-11(19-22)12-17-20-21-18-12/h5-6H,3-4H2,1-2H3,(H,16,19)(H,17,18,20,21). The number of hydrogen-bond donors (Lipinski definition) is 2. The molecule has 4 rings (SSSR count). The zero-order chi connectivity index (χ0) is 16.0. The number of nitrogens with one attached hydrogen (secondary N) is 2. The fourth-order valence-corrected chi connectivity index (χ4v) is 2.78. The summed E-state index contributed by atoms with van der Waals surface area (Å²) in [6.45, 7) is 4.20. The highest BCUT2D eigenvalue weighted by Gasteiger charge is 2.15. The second-order valence-corrected chi connectivity index (χ2v) is 5.22. The number of aryl methyl sites for hydroxylation is 2. The van der Waals surface area contributed by atoms with Crippen LogP contribution in [0.1, 0.15) is 25.0 Å². The fraction of sp³-hybridized carbons (Fsp3) is 0.286. The molecule has 0 radical (unpaired) electrons. The summed E-state index contributed by atoms with van der Waals surface area (Å²) < 4.78 is 1.31. The lowest BCUT2D eigenvalue weighted by Gasteiger charge is -2.07. The summed E-state index contributed by atoms with van der Waals surface area (Å²) in [5.41, 5.74) is 3.19. The van der Waals surface area contributed by atoms with Gasteiger partial charge < -0.3 is 0 Å². The van der Waals surface area contributed by atoms with Crippen molar-refractivity contribution in [1.29, 1.82) is 0 Å². The highest BCUT2D eigenvalue weighted by molar-refractivity contribution is 5.92. The van der Waals surface area contributed by atoms with Crippen molar-refractivity contribution >= 4 is 16.6 Å². The molecule has 0 aliphatic rings. The second kappa shape index (κ2) is 4.97. The lowest BCUT2D eigenvalue weighted by Crippen LogP contribution is -2.17. The predicted octanol–water partition coefficient (Wildman–Crippen LogP) is 0.876. The second-order valence-electron chi connectivity index (χ2n) is 5.22. The van der Waals surface area contributed by atoms with Crippen molar-refractivity contribution in [3.8, 4) is 11.6 Å². The lowest BCUT2D eigenvalue weighted by molar-refractivity contribution is 0.879. The van der Waals surface area contributed by atoms with Crippen LogP contribution in [-0.4, -0.2) is 40.2 Å². The van der Waals surface area contributed by atoms with Crippen LogP contribution in [0.25, 0.3) is 28.2 Å². The van der Waals surface area contributed by atoms with Gasteiger partial charge in [0.25, 0.3) is 0 Å². The van der Waals surface area contributed by atoms with E-state index in [4.69, 9.17) is 0 Å². The van der Waals surface area contributed by atoms with E-state index in [1.54, 1.807) is 0 Å². The van der Waals surface area contributed by atoms with Gasteiger partial charge in [-0.25, -0.2) is 14.9 Å². The molecule has 2 N–H and O–H groups in total. The molecule has 23 heavy (non-hydrogen) atoms. The van der Waals surface area contributed by atoms with E-state index in [1.807, 2.05) is 6.07 Å². The van der Waals surface area contributed by atoms with Crippen molar-refractivity contribution in [3.63, 3.8) is 0 Å². The summed E-state index contributed by atoms with van der Waals surface area (Å²) >= 11 is 0. The van der Waals surface area contributed by atoms with Crippen molar-refractivity contribution < 1.29 is 0 Å². The zero-order valence-electron chi connectivity index (χ0n) is 12.7. The Morgan fingerprint density at radius 1 is 1.09 bits per heavy atom. The summed E-state index contributed by atoms with van der Waals surface area (Å²) in [6.07, 6.45) is 1.81. The van der Waals surface area contributed by atoms with E-state index in [-0.39, 0.29) is 0 Å². The SMILES string of the molecule is CCc1cc2nc(=O)n3[nH]c(-c4nnn[nH]4)nc3c2cc1CC. The molecule has 9 heteroatoms. The average Bonchev–Trinajstić information content (AvgIpc) is 3.23. The lowest BCUT2D eigenvalue weighted by atomic mass is 10.0. The van der Waals surface area contributed by atoms with Crippen LogP contribution in [0.5, 0.6) is 0 Å². The average molecular weight is 310 g/mol. The van der Waals surface area contributed by atoms with Crippen LogP contribution < -0.4 is 5.69 Å². The molecular formula is C14H14N8O. The maximum atomic E-state index is 12.2. The van der Waals surface area contributed by atoms with Crippen LogP contribution in [0.4, 0.5) is 0 Å². The van der Waals surface area contributed by atoms with E-state index in [0.717, 1.165) is 18.2 Å². The number of hydrogen-bond acceptors (Lipinski definition) is 6. The quantitative estimate of drug-likeness (QED) is 0.580. The molecule has 0 fully saturated rings. The number of aromatic amines is 2. The Morgan fingerprint density at radius 2 is 1.87 bits per heavy atom. The van der Waals surface area contributed by atoms with Crippen LogP contribution in [0, 0.1) is 0 Å². The van der Waals surface area contributed by atoms with Gasteiger partial charge in [-0.3, -0.25) is 5.10 Å². The smallest absolute Gasteiger partial charge is 0.268 e. The third-order valence-electron chi connectivity index (χ3n) is 3.94. The Labute approximate surface area is 129 Å². The van der Waals surface area contributed by atoms with Gasteiger partial charge in [-0.2, -0.15) is 9.50 Å². The number of tetrazole rings is 1. The molecule has 3 aromatic heterocycles. The van der Waals surface area contributed by atoms with Gasteiger partial charge in [0.1, 0.15) is 0 Å². The van der Waals surface area contributed by atoms with E-state index in [1.165, 1.54) is 15.6 Å². The van der Waals surface area contributed by atoms with Gasteiger partial charge in [0, 0.05) is 5.39 Å². The van der Waals surface area contributed by atoms with Gasteiger partial charge in [-0.1, -0.05) is 13.8 Å². The molecule has 9 nitrogen and oxygen atoms in total.